The molecule has 21 heavy (non-hydrogen) atoms. The standard InChI is InChI=1S/C15H12F2N2OS/c16-11-2-1-3-12(17)10(11)7-18-9-4-5-14-13(6-9)19-15(20)8-21-14/h1-6,18H,7-8H2,(H,19,20). The van der Waals surface area contributed by atoms with Crippen molar-refractivity contribution in [2.24, 2.45) is 0 Å². The zero-order chi connectivity index (χ0) is 14.8. The number of nitrogens with one attached hydrogen (secondary N) is 2. The number of carbonyl (C=O) groups excluding carboxylic acids is 1. The molecular weight excluding hydrogens is 294 g/mol. The van der Waals surface area contributed by atoms with Crippen LogP contribution in [0.25, 0.3) is 0 Å². The number of anilines is 2. The van der Waals surface area contributed by atoms with Crippen LogP contribution in [0, 0.1) is 11.6 Å². The normalized spacial score (nSPS) is 13.5. The van der Waals surface area contributed by atoms with E-state index in [1.807, 2.05) is 12.1 Å². The summed E-state index contributed by atoms with van der Waals surface area (Å²) in [5.41, 5.74) is 1.41. The number of thioether (sulfide) groups is 1. The van der Waals surface area contributed by atoms with Crippen LogP contribution in [0.2, 0.25) is 0 Å². The van der Waals surface area contributed by atoms with Crippen molar-refractivity contribution in [1.82, 2.24) is 0 Å². The Bertz CT molecular complexity index is 686. The summed E-state index contributed by atoms with van der Waals surface area (Å²) in [6.07, 6.45) is 0. The third-order valence-corrected chi connectivity index (χ3v) is 4.22. The molecule has 3 rings (SSSR count). The van der Waals surface area contributed by atoms with Gasteiger partial charge in [0.15, 0.2) is 0 Å². The third kappa shape index (κ3) is 3.00. The number of carbonyl (C=O) groups is 1. The van der Waals surface area contributed by atoms with Crippen molar-refractivity contribution >= 4 is 29.0 Å². The van der Waals surface area contributed by atoms with E-state index in [-0.39, 0.29) is 18.0 Å². The van der Waals surface area contributed by atoms with E-state index in [1.54, 1.807) is 6.07 Å². The molecule has 0 spiro atoms. The number of amides is 1. The fourth-order valence-electron chi connectivity index (χ4n) is 2.08. The molecule has 108 valence electrons. The Kier molecular flexibility index (Phi) is 3.79. The molecule has 0 aromatic heterocycles. The fraction of sp³-hybridized carbons (Fsp3) is 0.133. The van der Waals surface area contributed by atoms with E-state index in [4.69, 9.17) is 0 Å². The average molecular weight is 306 g/mol. The van der Waals surface area contributed by atoms with Gasteiger partial charge in [0.25, 0.3) is 0 Å². The summed E-state index contributed by atoms with van der Waals surface area (Å²) in [5.74, 6) is -0.807. The molecule has 0 bridgehead atoms. The molecule has 2 aromatic rings. The summed E-state index contributed by atoms with van der Waals surface area (Å²) in [6, 6.07) is 9.24. The number of fused-ring (bicyclic) bond motifs is 1. The quantitative estimate of drug-likeness (QED) is 0.910. The van der Waals surface area contributed by atoms with Gasteiger partial charge in [-0.15, -0.1) is 11.8 Å². The van der Waals surface area contributed by atoms with Crippen molar-refractivity contribution in [2.75, 3.05) is 16.4 Å². The highest BCUT2D eigenvalue weighted by Gasteiger charge is 2.15. The Balaban J connectivity index is 1.77. The molecule has 0 fully saturated rings. The molecule has 2 N–H and O–H groups in total. The predicted molar refractivity (Wildman–Crippen MR) is 79.5 cm³/mol. The summed E-state index contributed by atoms with van der Waals surface area (Å²) in [5, 5.41) is 5.74. The van der Waals surface area contributed by atoms with Crippen molar-refractivity contribution in [3.8, 4) is 0 Å². The van der Waals surface area contributed by atoms with Gasteiger partial charge in [0, 0.05) is 22.7 Å². The SMILES string of the molecule is O=C1CSc2ccc(NCc3c(F)cccc3F)cc2N1. The van der Waals surface area contributed by atoms with Gasteiger partial charge in [0.05, 0.1) is 11.4 Å². The Morgan fingerprint density at radius 3 is 2.71 bits per heavy atom. The van der Waals surface area contributed by atoms with Gasteiger partial charge in [0.1, 0.15) is 11.6 Å². The monoisotopic (exact) mass is 306 g/mol. The van der Waals surface area contributed by atoms with Gasteiger partial charge in [-0.2, -0.15) is 0 Å². The van der Waals surface area contributed by atoms with Gasteiger partial charge in [0.2, 0.25) is 5.91 Å². The van der Waals surface area contributed by atoms with Crippen LogP contribution in [0.3, 0.4) is 0 Å². The van der Waals surface area contributed by atoms with Gasteiger partial charge in [-0.1, -0.05) is 6.07 Å². The smallest absolute Gasteiger partial charge is 0.234 e. The summed E-state index contributed by atoms with van der Waals surface area (Å²) in [7, 11) is 0. The van der Waals surface area contributed by atoms with E-state index in [0.717, 1.165) is 10.6 Å². The summed E-state index contributed by atoms with van der Waals surface area (Å²) in [6.45, 7) is 0.0401. The van der Waals surface area contributed by atoms with Crippen LogP contribution in [-0.4, -0.2) is 11.7 Å². The van der Waals surface area contributed by atoms with Crippen LogP contribution in [0.4, 0.5) is 20.2 Å². The van der Waals surface area contributed by atoms with Gasteiger partial charge < -0.3 is 10.6 Å². The maximum atomic E-state index is 13.5. The summed E-state index contributed by atoms with van der Waals surface area (Å²) >= 11 is 1.47. The minimum atomic E-state index is -0.579. The van der Waals surface area contributed by atoms with E-state index in [0.29, 0.717) is 11.4 Å². The lowest BCUT2D eigenvalue weighted by atomic mass is 10.2. The highest BCUT2D eigenvalue weighted by Crippen LogP contribution is 2.33. The molecule has 1 heterocycles. The molecule has 3 nitrogen and oxygen atoms in total. The zero-order valence-corrected chi connectivity index (χ0v) is 11.8. The molecule has 1 aliphatic rings. The molecule has 1 amide bonds. The second-order valence-corrected chi connectivity index (χ2v) is 5.62. The van der Waals surface area contributed by atoms with E-state index in [9.17, 15) is 13.6 Å². The van der Waals surface area contributed by atoms with Gasteiger partial charge in [-0.3, -0.25) is 4.79 Å². The lowest BCUT2D eigenvalue weighted by molar-refractivity contribution is -0.113. The molecule has 0 aliphatic carbocycles. The highest BCUT2D eigenvalue weighted by atomic mass is 32.2. The van der Waals surface area contributed by atoms with E-state index >= 15 is 0 Å². The molecule has 6 heteroatoms. The largest absolute Gasteiger partial charge is 0.381 e. The minimum absolute atomic E-state index is 0.00590. The minimum Gasteiger partial charge on any atom is -0.381 e. The lowest BCUT2D eigenvalue weighted by Crippen LogP contribution is -2.18. The Morgan fingerprint density at radius 1 is 1.19 bits per heavy atom. The fourth-order valence-corrected chi connectivity index (χ4v) is 2.87. The Morgan fingerprint density at radius 2 is 1.95 bits per heavy atom. The van der Waals surface area contributed by atoms with E-state index < -0.39 is 11.6 Å². The highest BCUT2D eigenvalue weighted by molar-refractivity contribution is 8.00. The number of rotatable bonds is 3. The molecule has 0 saturated heterocycles. The number of hydrogen-bond acceptors (Lipinski definition) is 3. The summed E-state index contributed by atoms with van der Waals surface area (Å²) < 4.78 is 27.1. The second-order valence-electron chi connectivity index (χ2n) is 4.60. The molecule has 1 aliphatic heterocycles. The van der Waals surface area contributed by atoms with Crippen molar-refractivity contribution in [3.63, 3.8) is 0 Å². The van der Waals surface area contributed by atoms with Gasteiger partial charge in [-0.05, 0) is 30.3 Å². The van der Waals surface area contributed by atoms with Crippen LogP contribution >= 0.6 is 11.8 Å². The molecular formula is C15H12F2N2OS. The van der Waals surface area contributed by atoms with Crippen molar-refractivity contribution in [2.45, 2.75) is 11.4 Å². The van der Waals surface area contributed by atoms with Gasteiger partial charge in [-0.25, -0.2) is 8.78 Å². The topological polar surface area (TPSA) is 41.1 Å². The predicted octanol–water partition coefficient (Wildman–Crippen LogP) is 3.62. The van der Waals surface area contributed by atoms with Crippen molar-refractivity contribution < 1.29 is 13.6 Å². The second kappa shape index (κ2) is 5.73. The van der Waals surface area contributed by atoms with Crippen LogP contribution in [0.15, 0.2) is 41.3 Å². The Labute approximate surface area is 124 Å². The van der Waals surface area contributed by atoms with Crippen LogP contribution in [0.1, 0.15) is 5.56 Å². The number of hydrogen-bond donors (Lipinski definition) is 2. The number of halogens is 2. The van der Waals surface area contributed by atoms with Crippen LogP contribution < -0.4 is 10.6 Å². The molecule has 2 aromatic carbocycles. The maximum Gasteiger partial charge on any atom is 0.234 e. The first-order valence-electron chi connectivity index (χ1n) is 6.37. The van der Waals surface area contributed by atoms with Crippen LogP contribution in [0.5, 0.6) is 0 Å². The summed E-state index contributed by atoms with van der Waals surface area (Å²) in [4.78, 5) is 12.3. The first kappa shape index (κ1) is 13.9. The van der Waals surface area contributed by atoms with E-state index in [2.05, 4.69) is 10.6 Å². The number of benzene rings is 2. The first-order chi connectivity index (χ1) is 10.1. The van der Waals surface area contributed by atoms with Gasteiger partial charge >= 0.3 is 0 Å². The lowest BCUT2D eigenvalue weighted by Gasteiger charge is -2.17. The Hall–Kier alpha value is -2.08. The molecule has 0 unspecified atom stereocenters. The molecule has 0 radical (unpaired) electrons. The molecule has 0 atom stereocenters. The third-order valence-electron chi connectivity index (χ3n) is 3.14. The average Bonchev–Trinajstić information content (AvgIpc) is 2.46. The zero-order valence-electron chi connectivity index (χ0n) is 11.0. The van der Waals surface area contributed by atoms with E-state index in [1.165, 1.54) is 30.0 Å². The van der Waals surface area contributed by atoms with Crippen molar-refractivity contribution in [3.05, 3.63) is 53.6 Å². The first-order valence-corrected chi connectivity index (χ1v) is 7.35. The maximum absolute atomic E-state index is 13.5. The van der Waals surface area contributed by atoms with Crippen LogP contribution in [-0.2, 0) is 11.3 Å². The van der Waals surface area contributed by atoms with Crippen molar-refractivity contribution in [1.29, 1.82) is 0 Å². The molecule has 0 saturated carbocycles.